The molecule has 0 bridgehead atoms. The number of rotatable bonds is 8. The number of nitriles is 3. The number of unbranched alkanes of at least 4 members (excludes halogenated alkanes) is 1. The lowest BCUT2D eigenvalue weighted by molar-refractivity contribution is -0.143. The van der Waals surface area contributed by atoms with E-state index < -0.39 is 0 Å². The zero-order chi connectivity index (χ0) is 15.6. The molecule has 0 aromatic carbocycles. The third kappa shape index (κ3) is 15.9. The Hall–Kier alpha value is -2.06. The molecule has 0 aromatic heterocycles. The number of hydrogen-bond donors (Lipinski definition) is 0. The van der Waals surface area contributed by atoms with Crippen LogP contribution in [0.15, 0.2) is 0 Å². The van der Waals surface area contributed by atoms with Gasteiger partial charge < -0.3 is 4.74 Å². The average molecular weight is 277 g/mol. The van der Waals surface area contributed by atoms with Gasteiger partial charge in [-0.1, -0.05) is 6.92 Å². The van der Waals surface area contributed by atoms with Gasteiger partial charge in [-0.3, -0.25) is 4.79 Å². The number of hydrogen-bond acceptors (Lipinski definition) is 5. The molecule has 0 amide bonds. The summed E-state index contributed by atoms with van der Waals surface area (Å²) in [6, 6.07) is 6.17. The minimum atomic E-state index is -0.0880. The van der Waals surface area contributed by atoms with E-state index in [1.165, 1.54) is 0 Å². The lowest BCUT2D eigenvalue weighted by Crippen LogP contribution is -2.01. The molecule has 0 saturated heterocycles. The van der Waals surface area contributed by atoms with Gasteiger partial charge >= 0.3 is 5.97 Å². The number of nitrogens with zero attached hydrogens (tertiary/aromatic N) is 3. The third-order valence-corrected chi connectivity index (χ3v) is 2.39. The standard InChI is InChI=1S/C9H11N3.C6H12O2/c10-6-2-1-4-9(8-12)5-3-7-11;1-3-5-6(7)8-4-2/h9H,1-5H2;3-5H2,1-2H3. The molecule has 0 aliphatic carbocycles. The van der Waals surface area contributed by atoms with Gasteiger partial charge in [0.05, 0.1) is 24.8 Å². The van der Waals surface area contributed by atoms with Crippen molar-refractivity contribution in [1.29, 1.82) is 15.8 Å². The van der Waals surface area contributed by atoms with E-state index in [0.29, 0.717) is 32.3 Å². The minimum absolute atomic E-state index is 0.0435. The van der Waals surface area contributed by atoms with Gasteiger partial charge in [0.2, 0.25) is 0 Å². The molecule has 0 radical (unpaired) electrons. The highest BCUT2D eigenvalue weighted by molar-refractivity contribution is 5.69. The summed E-state index contributed by atoms with van der Waals surface area (Å²) in [7, 11) is 0. The minimum Gasteiger partial charge on any atom is -0.466 e. The van der Waals surface area contributed by atoms with E-state index in [-0.39, 0.29) is 11.9 Å². The predicted octanol–water partition coefficient (Wildman–Crippen LogP) is 3.47. The second kappa shape index (κ2) is 16.9. The highest BCUT2D eigenvalue weighted by Crippen LogP contribution is 2.12. The van der Waals surface area contributed by atoms with Crippen molar-refractivity contribution in [3.8, 4) is 18.2 Å². The molecule has 1 atom stereocenters. The fourth-order valence-corrected chi connectivity index (χ4v) is 1.38. The summed E-state index contributed by atoms with van der Waals surface area (Å²) >= 11 is 0. The summed E-state index contributed by atoms with van der Waals surface area (Å²) in [5, 5.41) is 25.1. The van der Waals surface area contributed by atoms with E-state index in [0.717, 1.165) is 19.3 Å². The highest BCUT2D eigenvalue weighted by atomic mass is 16.5. The summed E-state index contributed by atoms with van der Waals surface area (Å²) in [6.07, 6.45) is 4.51. The summed E-state index contributed by atoms with van der Waals surface area (Å²) < 4.78 is 4.64. The monoisotopic (exact) mass is 277 g/mol. The van der Waals surface area contributed by atoms with Crippen LogP contribution in [0.5, 0.6) is 0 Å². The molecule has 0 aliphatic heterocycles. The molecule has 5 heteroatoms. The van der Waals surface area contributed by atoms with E-state index in [4.69, 9.17) is 15.8 Å². The molecular formula is C15H23N3O2. The van der Waals surface area contributed by atoms with Gasteiger partial charge in [0.15, 0.2) is 0 Å². The van der Waals surface area contributed by atoms with Crippen LogP contribution in [0.25, 0.3) is 0 Å². The maximum Gasteiger partial charge on any atom is 0.305 e. The van der Waals surface area contributed by atoms with Gasteiger partial charge in [-0.2, -0.15) is 15.8 Å². The lowest BCUT2D eigenvalue weighted by atomic mass is 9.99. The van der Waals surface area contributed by atoms with Crippen molar-refractivity contribution >= 4 is 5.97 Å². The Bertz CT molecular complexity index is 353. The summed E-state index contributed by atoms with van der Waals surface area (Å²) in [4.78, 5) is 10.4. The molecule has 5 nitrogen and oxygen atoms in total. The van der Waals surface area contributed by atoms with Crippen LogP contribution in [0.2, 0.25) is 0 Å². The van der Waals surface area contributed by atoms with Gasteiger partial charge in [-0.05, 0) is 32.6 Å². The van der Waals surface area contributed by atoms with Crippen LogP contribution in [-0.4, -0.2) is 12.6 Å². The Morgan fingerprint density at radius 1 is 1.10 bits per heavy atom. The number of carbonyl (C=O) groups excluding carboxylic acids is 1. The SMILES string of the molecule is CCCC(=O)OCC.N#CCCCC(C#N)CCC#N. The zero-order valence-corrected chi connectivity index (χ0v) is 12.4. The molecule has 0 rings (SSSR count). The lowest BCUT2D eigenvalue weighted by Gasteiger charge is -2.02. The molecular weight excluding hydrogens is 254 g/mol. The largest absolute Gasteiger partial charge is 0.466 e. The second-order valence-corrected chi connectivity index (χ2v) is 4.13. The van der Waals surface area contributed by atoms with Crippen molar-refractivity contribution in [3.63, 3.8) is 0 Å². The smallest absolute Gasteiger partial charge is 0.305 e. The van der Waals surface area contributed by atoms with Gasteiger partial charge in [-0.15, -0.1) is 0 Å². The normalized spacial score (nSPS) is 9.95. The first kappa shape index (κ1) is 20.3. The zero-order valence-electron chi connectivity index (χ0n) is 12.4. The Morgan fingerprint density at radius 3 is 2.20 bits per heavy atom. The number of ether oxygens (including phenoxy) is 1. The Kier molecular flexibility index (Phi) is 17.2. The Balaban J connectivity index is 0. The highest BCUT2D eigenvalue weighted by Gasteiger charge is 2.05. The van der Waals surface area contributed by atoms with Crippen molar-refractivity contribution in [2.75, 3.05) is 6.61 Å². The fourth-order valence-electron chi connectivity index (χ4n) is 1.38. The van der Waals surface area contributed by atoms with Gasteiger partial charge in [0.1, 0.15) is 0 Å². The molecule has 0 heterocycles. The summed E-state index contributed by atoms with van der Waals surface area (Å²) in [5.74, 6) is -0.131. The Morgan fingerprint density at radius 2 is 1.75 bits per heavy atom. The van der Waals surface area contributed by atoms with Crippen molar-refractivity contribution < 1.29 is 9.53 Å². The molecule has 0 aliphatic rings. The van der Waals surface area contributed by atoms with Crippen molar-refractivity contribution in [1.82, 2.24) is 0 Å². The van der Waals surface area contributed by atoms with E-state index in [1.807, 2.05) is 26.0 Å². The van der Waals surface area contributed by atoms with Crippen molar-refractivity contribution in [2.24, 2.45) is 5.92 Å². The molecule has 110 valence electrons. The molecule has 0 saturated carbocycles. The number of esters is 1. The fraction of sp³-hybridized carbons (Fsp3) is 0.733. The van der Waals surface area contributed by atoms with Gasteiger partial charge in [0, 0.05) is 25.2 Å². The van der Waals surface area contributed by atoms with E-state index >= 15 is 0 Å². The molecule has 0 spiro atoms. The van der Waals surface area contributed by atoms with E-state index in [2.05, 4.69) is 10.8 Å². The first-order valence-corrected chi connectivity index (χ1v) is 6.95. The van der Waals surface area contributed by atoms with Crippen molar-refractivity contribution in [2.45, 2.75) is 58.8 Å². The summed E-state index contributed by atoms with van der Waals surface area (Å²) in [6.45, 7) is 4.27. The Labute approximate surface area is 121 Å². The van der Waals surface area contributed by atoms with Crippen LogP contribution in [0.3, 0.4) is 0 Å². The van der Waals surface area contributed by atoms with Crippen LogP contribution in [-0.2, 0) is 9.53 Å². The molecule has 0 aromatic rings. The number of carbonyl (C=O) groups is 1. The quantitative estimate of drug-likeness (QED) is 0.499. The average Bonchev–Trinajstić information content (AvgIpc) is 2.44. The van der Waals surface area contributed by atoms with Gasteiger partial charge in [0.25, 0.3) is 0 Å². The van der Waals surface area contributed by atoms with Crippen LogP contribution >= 0.6 is 0 Å². The maximum absolute atomic E-state index is 10.4. The first-order valence-electron chi connectivity index (χ1n) is 6.95. The van der Waals surface area contributed by atoms with Gasteiger partial charge in [-0.25, -0.2) is 0 Å². The van der Waals surface area contributed by atoms with Crippen LogP contribution in [0.4, 0.5) is 0 Å². The van der Waals surface area contributed by atoms with E-state index in [1.54, 1.807) is 0 Å². The molecule has 20 heavy (non-hydrogen) atoms. The van der Waals surface area contributed by atoms with E-state index in [9.17, 15) is 4.79 Å². The summed E-state index contributed by atoms with van der Waals surface area (Å²) in [5.41, 5.74) is 0. The van der Waals surface area contributed by atoms with Crippen LogP contribution < -0.4 is 0 Å². The molecule has 0 fully saturated rings. The third-order valence-electron chi connectivity index (χ3n) is 2.39. The second-order valence-electron chi connectivity index (χ2n) is 4.13. The van der Waals surface area contributed by atoms with Crippen LogP contribution in [0.1, 0.15) is 58.8 Å². The maximum atomic E-state index is 10.4. The molecule has 0 N–H and O–H groups in total. The topological polar surface area (TPSA) is 97.7 Å². The van der Waals surface area contributed by atoms with Crippen molar-refractivity contribution in [3.05, 3.63) is 0 Å². The predicted molar refractivity (Wildman–Crippen MR) is 75.0 cm³/mol. The first-order chi connectivity index (χ1) is 9.65. The molecule has 1 unspecified atom stereocenters. The van der Waals surface area contributed by atoms with Crippen LogP contribution in [0, 0.1) is 39.9 Å².